The SMILES string of the molecule is O=CC1CCCN(Cc2cc(Cl)c3c(c2)OCO3)C1. The molecule has 0 spiro atoms. The predicted octanol–water partition coefficient (Wildman–Crippen LogP) is 2.48. The molecule has 0 radical (unpaired) electrons. The number of ether oxygens (including phenoxy) is 2. The zero-order chi connectivity index (χ0) is 13.2. The van der Waals surface area contributed by atoms with Gasteiger partial charge < -0.3 is 14.3 Å². The number of halogens is 1. The van der Waals surface area contributed by atoms with Gasteiger partial charge in [0, 0.05) is 19.0 Å². The van der Waals surface area contributed by atoms with Gasteiger partial charge >= 0.3 is 0 Å². The Bertz CT molecular complexity index is 492. The average molecular weight is 282 g/mol. The maximum Gasteiger partial charge on any atom is 0.231 e. The summed E-state index contributed by atoms with van der Waals surface area (Å²) in [5.41, 5.74) is 1.10. The minimum atomic E-state index is 0.165. The van der Waals surface area contributed by atoms with Crippen molar-refractivity contribution in [1.82, 2.24) is 4.90 Å². The lowest BCUT2D eigenvalue weighted by Crippen LogP contribution is -2.35. The summed E-state index contributed by atoms with van der Waals surface area (Å²) in [4.78, 5) is 13.2. The molecule has 1 unspecified atom stereocenters. The first-order valence-electron chi connectivity index (χ1n) is 6.52. The summed E-state index contributed by atoms with van der Waals surface area (Å²) in [5, 5.41) is 0.592. The van der Waals surface area contributed by atoms with Gasteiger partial charge in [-0.15, -0.1) is 0 Å². The maximum atomic E-state index is 10.9. The molecule has 5 heteroatoms. The van der Waals surface area contributed by atoms with Crippen molar-refractivity contribution in [2.24, 2.45) is 5.92 Å². The zero-order valence-corrected chi connectivity index (χ0v) is 11.4. The highest BCUT2D eigenvalue weighted by Crippen LogP contribution is 2.40. The summed E-state index contributed by atoms with van der Waals surface area (Å²) in [6.45, 7) is 2.88. The summed E-state index contributed by atoms with van der Waals surface area (Å²) in [5.74, 6) is 1.51. The number of likely N-dealkylation sites (tertiary alicyclic amines) is 1. The smallest absolute Gasteiger partial charge is 0.231 e. The van der Waals surface area contributed by atoms with E-state index >= 15 is 0 Å². The van der Waals surface area contributed by atoms with Gasteiger partial charge in [-0.05, 0) is 37.1 Å². The third kappa shape index (κ3) is 2.69. The van der Waals surface area contributed by atoms with Gasteiger partial charge in [0.1, 0.15) is 6.29 Å². The van der Waals surface area contributed by atoms with Gasteiger partial charge in [-0.2, -0.15) is 0 Å². The van der Waals surface area contributed by atoms with Gasteiger partial charge in [0.05, 0.1) is 5.02 Å². The first-order chi connectivity index (χ1) is 9.26. The van der Waals surface area contributed by atoms with Crippen LogP contribution in [0.4, 0.5) is 0 Å². The summed E-state index contributed by atoms with van der Waals surface area (Å²) in [6.07, 6.45) is 3.14. The monoisotopic (exact) mass is 281 g/mol. The molecule has 0 saturated carbocycles. The van der Waals surface area contributed by atoms with Crippen LogP contribution in [-0.2, 0) is 11.3 Å². The lowest BCUT2D eigenvalue weighted by molar-refractivity contribution is -0.112. The van der Waals surface area contributed by atoms with E-state index in [9.17, 15) is 4.79 Å². The van der Waals surface area contributed by atoms with E-state index in [1.54, 1.807) is 0 Å². The molecule has 0 bridgehead atoms. The average Bonchev–Trinajstić information content (AvgIpc) is 2.88. The van der Waals surface area contributed by atoms with Crippen LogP contribution < -0.4 is 9.47 Å². The molecule has 19 heavy (non-hydrogen) atoms. The van der Waals surface area contributed by atoms with Crippen LogP contribution >= 0.6 is 11.6 Å². The Balaban J connectivity index is 1.73. The fourth-order valence-corrected chi connectivity index (χ4v) is 3.00. The maximum absolute atomic E-state index is 10.9. The van der Waals surface area contributed by atoms with E-state index in [1.807, 2.05) is 12.1 Å². The molecule has 0 N–H and O–H groups in total. The molecule has 1 atom stereocenters. The molecule has 102 valence electrons. The lowest BCUT2D eigenvalue weighted by Gasteiger charge is -2.30. The second-order valence-corrected chi connectivity index (χ2v) is 5.49. The van der Waals surface area contributed by atoms with E-state index in [0.717, 1.165) is 44.3 Å². The Morgan fingerprint density at radius 3 is 3.16 bits per heavy atom. The number of carbonyl (C=O) groups is 1. The highest BCUT2D eigenvalue weighted by Gasteiger charge is 2.22. The molecule has 0 amide bonds. The van der Waals surface area contributed by atoms with Crippen molar-refractivity contribution >= 4 is 17.9 Å². The summed E-state index contributed by atoms with van der Waals surface area (Å²) >= 11 is 6.17. The van der Waals surface area contributed by atoms with Crippen LogP contribution in [0.1, 0.15) is 18.4 Å². The topological polar surface area (TPSA) is 38.8 Å². The summed E-state index contributed by atoms with van der Waals surface area (Å²) in [6, 6.07) is 3.89. The number of piperidine rings is 1. The number of carbonyl (C=O) groups excluding carboxylic acids is 1. The standard InChI is InChI=1S/C14H16ClNO3/c15-12-4-11(5-13-14(12)19-9-18-13)7-16-3-1-2-10(6-16)8-17/h4-5,8,10H,1-3,6-7,9H2. The van der Waals surface area contributed by atoms with E-state index in [4.69, 9.17) is 21.1 Å². The molecule has 3 rings (SSSR count). The van der Waals surface area contributed by atoms with Crippen molar-refractivity contribution in [2.75, 3.05) is 19.9 Å². The number of fused-ring (bicyclic) bond motifs is 1. The predicted molar refractivity (Wildman–Crippen MR) is 71.6 cm³/mol. The molecule has 0 aromatic heterocycles. The molecule has 1 fully saturated rings. The normalized spacial score (nSPS) is 22.5. The van der Waals surface area contributed by atoms with E-state index in [-0.39, 0.29) is 12.7 Å². The van der Waals surface area contributed by atoms with Crippen LogP contribution in [0, 0.1) is 5.92 Å². The lowest BCUT2D eigenvalue weighted by atomic mass is 9.99. The van der Waals surface area contributed by atoms with Crippen molar-refractivity contribution in [2.45, 2.75) is 19.4 Å². The Kier molecular flexibility index (Phi) is 3.62. The van der Waals surface area contributed by atoms with Gasteiger partial charge in [-0.25, -0.2) is 0 Å². The largest absolute Gasteiger partial charge is 0.454 e. The Labute approximate surface area is 117 Å². The van der Waals surface area contributed by atoms with E-state index in [1.165, 1.54) is 0 Å². The molecule has 1 aromatic carbocycles. The second kappa shape index (κ2) is 5.39. The van der Waals surface area contributed by atoms with Crippen molar-refractivity contribution in [1.29, 1.82) is 0 Å². The highest BCUT2D eigenvalue weighted by atomic mass is 35.5. The minimum absolute atomic E-state index is 0.165. The van der Waals surface area contributed by atoms with Crippen LogP contribution in [0.15, 0.2) is 12.1 Å². The molecular weight excluding hydrogens is 266 g/mol. The van der Waals surface area contributed by atoms with Gasteiger partial charge in [0.25, 0.3) is 0 Å². The Morgan fingerprint density at radius 1 is 1.42 bits per heavy atom. The van der Waals surface area contributed by atoms with Crippen molar-refractivity contribution in [3.63, 3.8) is 0 Å². The summed E-state index contributed by atoms with van der Waals surface area (Å²) < 4.78 is 10.7. The number of hydrogen-bond donors (Lipinski definition) is 0. The number of hydrogen-bond acceptors (Lipinski definition) is 4. The van der Waals surface area contributed by atoms with Crippen molar-refractivity contribution < 1.29 is 14.3 Å². The molecule has 2 aliphatic heterocycles. The molecule has 2 aliphatic rings. The summed E-state index contributed by atoms with van der Waals surface area (Å²) in [7, 11) is 0. The second-order valence-electron chi connectivity index (χ2n) is 5.08. The molecule has 4 nitrogen and oxygen atoms in total. The van der Waals surface area contributed by atoms with E-state index < -0.39 is 0 Å². The highest BCUT2D eigenvalue weighted by molar-refractivity contribution is 6.32. The molecule has 1 saturated heterocycles. The number of aldehydes is 1. The minimum Gasteiger partial charge on any atom is -0.454 e. The van der Waals surface area contributed by atoms with E-state index in [2.05, 4.69) is 4.90 Å². The number of benzene rings is 1. The van der Waals surface area contributed by atoms with E-state index in [0.29, 0.717) is 16.5 Å². The fraction of sp³-hybridized carbons (Fsp3) is 0.500. The number of rotatable bonds is 3. The third-order valence-electron chi connectivity index (χ3n) is 3.63. The number of nitrogens with zero attached hydrogens (tertiary/aromatic N) is 1. The van der Waals surface area contributed by atoms with Gasteiger partial charge in [-0.1, -0.05) is 11.6 Å². The van der Waals surface area contributed by atoms with Crippen molar-refractivity contribution in [3.05, 3.63) is 22.7 Å². The third-order valence-corrected chi connectivity index (χ3v) is 3.91. The first kappa shape index (κ1) is 12.8. The molecule has 2 heterocycles. The molecular formula is C14H16ClNO3. The quantitative estimate of drug-likeness (QED) is 0.798. The molecule has 0 aliphatic carbocycles. The van der Waals surface area contributed by atoms with Gasteiger partial charge in [0.15, 0.2) is 11.5 Å². The fourth-order valence-electron chi connectivity index (χ4n) is 2.72. The van der Waals surface area contributed by atoms with Crippen LogP contribution in [0.2, 0.25) is 5.02 Å². The van der Waals surface area contributed by atoms with Crippen LogP contribution in [0.3, 0.4) is 0 Å². The van der Waals surface area contributed by atoms with Crippen molar-refractivity contribution in [3.8, 4) is 11.5 Å². The molecule has 1 aromatic rings. The Morgan fingerprint density at radius 2 is 2.32 bits per heavy atom. The van der Waals surface area contributed by atoms with Crippen LogP contribution in [0.25, 0.3) is 0 Å². The Hall–Kier alpha value is -1.26. The zero-order valence-electron chi connectivity index (χ0n) is 10.6. The first-order valence-corrected chi connectivity index (χ1v) is 6.90. The van der Waals surface area contributed by atoms with Crippen LogP contribution in [-0.4, -0.2) is 31.1 Å². The van der Waals surface area contributed by atoms with Gasteiger partial charge in [-0.3, -0.25) is 4.90 Å². The van der Waals surface area contributed by atoms with Crippen LogP contribution in [0.5, 0.6) is 11.5 Å². The van der Waals surface area contributed by atoms with Gasteiger partial charge in [0.2, 0.25) is 6.79 Å².